The first-order chi connectivity index (χ1) is 8.87. The predicted molar refractivity (Wildman–Crippen MR) is 68.7 cm³/mol. The molecule has 2 N–H and O–H groups in total. The second kappa shape index (κ2) is 5.74. The quantitative estimate of drug-likeness (QED) is 0.907. The maximum Gasteiger partial charge on any atom is 0.333 e. The van der Waals surface area contributed by atoms with Crippen LogP contribution in [0.3, 0.4) is 0 Å². The van der Waals surface area contributed by atoms with E-state index in [4.69, 9.17) is 26.2 Å². The molecule has 0 aliphatic carbocycles. The van der Waals surface area contributed by atoms with Crippen molar-refractivity contribution in [2.75, 3.05) is 6.61 Å². The fourth-order valence-electron chi connectivity index (χ4n) is 1.91. The number of nitrogens with two attached hydrogens (primary N) is 1. The minimum absolute atomic E-state index is 0.223. The van der Waals surface area contributed by atoms with Crippen LogP contribution in [0.15, 0.2) is 24.3 Å². The maximum atomic E-state index is 10.8. The molecular formula is C11H14ClNO5S. The van der Waals surface area contributed by atoms with E-state index in [1.165, 1.54) is 0 Å². The Bertz CT molecular complexity index is 550. The van der Waals surface area contributed by atoms with Crippen molar-refractivity contribution in [1.82, 2.24) is 0 Å². The van der Waals surface area contributed by atoms with E-state index in [0.717, 1.165) is 5.56 Å². The van der Waals surface area contributed by atoms with Gasteiger partial charge in [-0.3, -0.25) is 4.18 Å². The molecular weight excluding hydrogens is 294 g/mol. The first kappa shape index (κ1) is 14.7. The van der Waals surface area contributed by atoms with Crippen LogP contribution in [0.2, 0.25) is 5.02 Å². The highest BCUT2D eigenvalue weighted by atomic mass is 35.5. The summed E-state index contributed by atoms with van der Waals surface area (Å²) in [7, 11) is -4.01. The molecule has 1 aromatic rings. The van der Waals surface area contributed by atoms with Crippen molar-refractivity contribution >= 4 is 21.9 Å². The third kappa shape index (κ3) is 3.88. The number of hydrogen-bond acceptors (Lipinski definition) is 5. The highest BCUT2D eigenvalue weighted by Gasteiger charge is 2.37. The van der Waals surface area contributed by atoms with Crippen LogP contribution in [0.1, 0.15) is 18.6 Å². The van der Waals surface area contributed by atoms with Gasteiger partial charge in [-0.2, -0.15) is 8.42 Å². The summed E-state index contributed by atoms with van der Waals surface area (Å²) in [5, 5.41) is 5.31. The summed E-state index contributed by atoms with van der Waals surface area (Å²) in [6, 6.07) is 7.12. The Labute approximate surface area is 116 Å². The van der Waals surface area contributed by atoms with Gasteiger partial charge in [0.05, 0.1) is 6.61 Å². The zero-order chi connectivity index (χ0) is 14.0. The summed E-state index contributed by atoms with van der Waals surface area (Å²) in [6.45, 7) is 1.49. The minimum atomic E-state index is -4.01. The van der Waals surface area contributed by atoms with Crippen molar-refractivity contribution in [2.24, 2.45) is 5.14 Å². The third-order valence-corrected chi connectivity index (χ3v) is 3.46. The molecule has 1 aromatic carbocycles. The second-order valence-electron chi connectivity index (χ2n) is 4.10. The zero-order valence-corrected chi connectivity index (χ0v) is 11.7. The molecule has 3 atom stereocenters. The monoisotopic (exact) mass is 307 g/mol. The largest absolute Gasteiger partial charge is 0.344 e. The summed E-state index contributed by atoms with van der Waals surface area (Å²) in [6.07, 6.45) is -1.56. The van der Waals surface area contributed by atoms with Crippen molar-refractivity contribution in [1.29, 1.82) is 0 Å². The standard InChI is InChI=1S/C11H14ClNO5S/c1-7-17-10(6-16-19(13,14)15)11(18-7)8-4-2-3-5-9(8)12/h2-5,7,10-11H,6H2,1H3,(H2,13,14,15)/t7?,10-,11-/m1/s1. The van der Waals surface area contributed by atoms with Crippen LogP contribution in [0.25, 0.3) is 0 Å². The van der Waals surface area contributed by atoms with Crippen LogP contribution >= 0.6 is 11.6 Å². The van der Waals surface area contributed by atoms with Crippen molar-refractivity contribution in [3.63, 3.8) is 0 Å². The maximum absolute atomic E-state index is 10.8. The molecule has 1 aliphatic rings. The number of hydrogen-bond donors (Lipinski definition) is 1. The summed E-state index contributed by atoms with van der Waals surface area (Å²) < 4.78 is 37.2. The predicted octanol–water partition coefficient (Wildman–Crippen LogP) is 1.36. The Kier molecular flexibility index (Phi) is 4.44. The average Bonchev–Trinajstić information content (AvgIpc) is 2.67. The van der Waals surface area contributed by atoms with E-state index in [2.05, 4.69) is 4.18 Å². The number of ether oxygens (including phenoxy) is 2. The molecule has 0 spiro atoms. The van der Waals surface area contributed by atoms with Crippen molar-refractivity contribution < 1.29 is 22.1 Å². The first-order valence-electron chi connectivity index (χ1n) is 5.59. The SMILES string of the molecule is CC1O[C@H](c2ccccc2Cl)[C@@H](COS(N)(=O)=O)O1. The van der Waals surface area contributed by atoms with Gasteiger partial charge >= 0.3 is 10.3 Å². The van der Waals surface area contributed by atoms with Gasteiger partial charge in [0.1, 0.15) is 12.2 Å². The molecule has 0 aromatic heterocycles. The van der Waals surface area contributed by atoms with Crippen LogP contribution < -0.4 is 5.14 Å². The van der Waals surface area contributed by atoms with Crippen LogP contribution in [0, 0.1) is 0 Å². The normalized spacial score (nSPS) is 27.6. The molecule has 2 rings (SSSR count). The Balaban J connectivity index is 2.16. The molecule has 6 nitrogen and oxygen atoms in total. The Morgan fingerprint density at radius 3 is 2.68 bits per heavy atom. The molecule has 1 heterocycles. The third-order valence-electron chi connectivity index (χ3n) is 2.65. The van der Waals surface area contributed by atoms with Gasteiger partial charge in [-0.05, 0) is 13.0 Å². The zero-order valence-electron chi connectivity index (χ0n) is 10.2. The topological polar surface area (TPSA) is 87.9 Å². The lowest BCUT2D eigenvalue weighted by molar-refractivity contribution is -0.0549. The van der Waals surface area contributed by atoms with Gasteiger partial charge in [0.15, 0.2) is 6.29 Å². The van der Waals surface area contributed by atoms with E-state index in [-0.39, 0.29) is 6.61 Å². The van der Waals surface area contributed by atoms with E-state index < -0.39 is 28.8 Å². The van der Waals surface area contributed by atoms with Crippen LogP contribution in [0.5, 0.6) is 0 Å². The lowest BCUT2D eigenvalue weighted by atomic mass is 10.1. The lowest BCUT2D eigenvalue weighted by Gasteiger charge is -2.17. The molecule has 0 saturated carbocycles. The van der Waals surface area contributed by atoms with Gasteiger partial charge in [-0.1, -0.05) is 29.8 Å². The molecule has 1 unspecified atom stereocenters. The number of benzene rings is 1. The summed E-state index contributed by atoms with van der Waals surface area (Å²) in [5.41, 5.74) is 0.719. The van der Waals surface area contributed by atoms with Gasteiger partial charge in [0.25, 0.3) is 0 Å². The Morgan fingerprint density at radius 1 is 1.37 bits per heavy atom. The summed E-state index contributed by atoms with van der Waals surface area (Å²) in [4.78, 5) is 0. The number of rotatable bonds is 4. The Morgan fingerprint density at radius 2 is 2.05 bits per heavy atom. The molecule has 8 heteroatoms. The smallest absolute Gasteiger partial charge is 0.333 e. The fraction of sp³-hybridized carbons (Fsp3) is 0.455. The van der Waals surface area contributed by atoms with Gasteiger partial charge < -0.3 is 9.47 Å². The van der Waals surface area contributed by atoms with E-state index in [9.17, 15) is 8.42 Å². The second-order valence-corrected chi connectivity index (χ2v) is 5.73. The average molecular weight is 308 g/mol. The lowest BCUT2D eigenvalue weighted by Crippen LogP contribution is -2.27. The van der Waals surface area contributed by atoms with Crippen LogP contribution in [-0.2, 0) is 24.0 Å². The van der Waals surface area contributed by atoms with Gasteiger partial charge in [-0.25, -0.2) is 5.14 Å². The minimum Gasteiger partial charge on any atom is -0.344 e. The molecule has 106 valence electrons. The summed E-state index contributed by atoms with van der Waals surface area (Å²) >= 11 is 6.09. The van der Waals surface area contributed by atoms with E-state index in [1.54, 1.807) is 25.1 Å². The first-order valence-corrected chi connectivity index (χ1v) is 7.44. The van der Waals surface area contributed by atoms with E-state index in [1.807, 2.05) is 6.07 Å². The molecule has 0 bridgehead atoms. The summed E-state index contributed by atoms with van der Waals surface area (Å²) in [5.74, 6) is 0. The number of halogens is 1. The highest BCUT2D eigenvalue weighted by molar-refractivity contribution is 7.84. The fourth-order valence-corrected chi connectivity index (χ4v) is 2.48. The van der Waals surface area contributed by atoms with Gasteiger partial charge in [0, 0.05) is 10.6 Å². The van der Waals surface area contributed by atoms with Gasteiger partial charge in [-0.15, -0.1) is 0 Å². The van der Waals surface area contributed by atoms with E-state index >= 15 is 0 Å². The van der Waals surface area contributed by atoms with Crippen LogP contribution in [0.4, 0.5) is 0 Å². The van der Waals surface area contributed by atoms with Crippen LogP contribution in [-0.4, -0.2) is 27.4 Å². The highest BCUT2D eigenvalue weighted by Crippen LogP contribution is 2.36. The Hall–Kier alpha value is -0.700. The molecule has 0 amide bonds. The molecule has 19 heavy (non-hydrogen) atoms. The molecule has 1 fully saturated rings. The molecule has 1 aliphatic heterocycles. The van der Waals surface area contributed by atoms with Gasteiger partial charge in [0.2, 0.25) is 0 Å². The van der Waals surface area contributed by atoms with Crippen molar-refractivity contribution in [2.45, 2.75) is 25.4 Å². The van der Waals surface area contributed by atoms with E-state index in [0.29, 0.717) is 5.02 Å². The van der Waals surface area contributed by atoms with Crippen molar-refractivity contribution in [3.8, 4) is 0 Å². The van der Waals surface area contributed by atoms with Crippen molar-refractivity contribution in [3.05, 3.63) is 34.9 Å². The molecule has 0 radical (unpaired) electrons. The molecule has 1 saturated heterocycles.